The summed E-state index contributed by atoms with van der Waals surface area (Å²) in [5, 5.41) is 0. The molecule has 3 heteroatoms. The first kappa shape index (κ1) is 13.7. The lowest BCUT2D eigenvalue weighted by molar-refractivity contribution is -0.131. The largest absolute Gasteiger partial charge is 0.466 e. The van der Waals surface area contributed by atoms with Crippen molar-refractivity contribution in [2.75, 3.05) is 13.1 Å². The van der Waals surface area contributed by atoms with E-state index in [4.69, 9.17) is 4.42 Å². The predicted octanol–water partition coefficient (Wildman–Crippen LogP) is 3.74. The van der Waals surface area contributed by atoms with Crippen molar-refractivity contribution < 1.29 is 9.21 Å². The van der Waals surface area contributed by atoms with Gasteiger partial charge in [-0.15, -0.1) is 0 Å². The van der Waals surface area contributed by atoms with Crippen LogP contribution in [-0.4, -0.2) is 23.9 Å². The monoisotopic (exact) mass is 275 g/mol. The van der Waals surface area contributed by atoms with Gasteiger partial charge in [-0.1, -0.05) is 19.8 Å². The lowest BCUT2D eigenvalue weighted by Crippen LogP contribution is -2.31. The minimum absolute atomic E-state index is 0.296. The molecule has 0 N–H and O–H groups in total. The Bertz CT molecular complexity index is 457. The number of nitrogens with zero attached hydrogens (tertiary/aromatic N) is 1. The molecule has 0 radical (unpaired) electrons. The Kier molecular flexibility index (Phi) is 4.13. The van der Waals surface area contributed by atoms with Gasteiger partial charge in [-0.3, -0.25) is 4.79 Å². The summed E-state index contributed by atoms with van der Waals surface area (Å²) in [6.07, 6.45) is 7.45. The highest BCUT2D eigenvalue weighted by atomic mass is 16.3. The summed E-state index contributed by atoms with van der Waals surface area (Å²) in [4.78, 5) is 14.3. The van der Waals surface area contributed by atoms with Crippen LogP contribution < -0.4 is 0 Å². The van der Waals surface area contributed by atoms with Gasteiger partial charge in [-0.25, -0.2) is 0 Å². The molecule has 1 saturated carbocycles. The molecule has 3 nitrogen and oxygen atoms in total. The van der Waals surface area contributed by atoms with Gasteiger partial charge in [0.05, 0.1) is 0 Å². The van der Waals surface area contributed by atoms with Crippen LogP contribution in [0.25, 0.3) is 0 Å². The molecular formula is C17H25NO2. The standard InChI is InChI=1S/C17H25NO2/c1-13-12-15(13)16-8-6-14(20-16)7-9-17(19)18-10-4-2-3-5-11-18/h6,8,13,15H,2-5,7,9-12H2,1H3. The Morgan fingerprint density at radius 1 is 1.25 bits per heavy atom. The Labute approximate surface area is 121 Å². The number of rotatable bonds is 4. The smallest absolute Gasteiger partial charge is 0.223 e. The van der Waals surface area contributed by atoms with E-state index in [1.807, 2.05) is 4.90 Å². The van der Waals surface area contributed by atoms with Crippen molar-refractivity contribution in [2.45, 2.75) is 57.8 Å². The van der Waals surface area contributed by atoms with Gasteiger partial charge in [0.25, 0.3) is 0 Å². The van der Waals surface area contributed by atoms with E-state index in [1.54, 1.807) is 0 Å². The maximum atomic E-state index is 12.2. The molecule has 2 heterocycles. The van der Waals surface area contributed by atoms with Crippen LogP contribution in [0.15, 0.2) is 16.5 Å². The van der Waals surface area contributed by atoms with Crippen molar-refractivity contribution in [2.24, 2.45) is 5.92 Å². The Balaban J connectivity index is 1.48. The zero-order valence-electron chi connectivity index (χ0n) is 12.4. The molecule has 2 aliphatic rings. The maximum Gasteiger partial charge on any atom is 0.223 e. The minimum Gasteiger partial charge on any atom is -0.466 e. The molecule has 1 aromatic heterocycles. The summed E-state index contributed by atoms with van der Waals surface area (Å²) in [5.74, 6) is 3.79. The van der Waals surface area contributed by atoms with Gasteiger partial charge in [0.15, 0.2) is 0 Å². The fourth-order valence-corrected chi connectivity index (χ4v) is 3.16. The molecule has 2 atom stereocenters. The average Bonchev–Trinajstić information content (AvgIpc) is 3.09. The average molecular weight is 275 g/mol. The molecule has 1 amide bonds. The van der Waals surface area contributed by atoms with Gasteiger partial charge in [0.1, 0.15) is 11.5 Å². The number of carbonyl (C=O) groups excluding carboxylic acids is 1. The highest BCUT2D eigenvalue weighted by molar-refractivity contribution is 5.76. The van der Waals surface area contributed by atoms with E-state index >= 15 is 0 Å². The third-order valence-electron chi connectivity index (χ3n) is 4.70. The first-order valence-electron chi connectivity index (χ1n) is 8.10. The second kappa shape index (κ2) is 6.02. The Morgan fingerprint density at radius 2 is 1.95 bits per heavy atom. The van der Waals surface area contributed by atoms with Crippen molar-refractivity contribution in [3.63, 3.8) is 0 Å². The van der Waals surface area contributed by atoms with Gasteiger partial charge < -0.3 is 9.32 Å². The zero-order chi connectivity index (χ0) is 13.9. The summed E-state index contributed by atoms with van der Waals surface area (Å²) in [7, 11) is 0. The topological polar surface area (TPSA) is 33.5 Å². The maximum absolute atomic E-state index is 12.2. The molecule has 1 saturated heterocycles. The Hall–Kier alpha value is -1.25. The van der Waals surface area contributed by atoms with Crippen LogP contribution in [0.4, 0.5) is 0 Å². The first-order valence-corrected chi connectivity index (χ1v) is 8.10. The zero-order valence-corrected chi connectivity index (χ0v) is 12.4. The van der Waals surface area contributed by atoms with Crippen LogP contribution in [0.3, 0.4) is 0 Å². The van der Waals surface area contributed by atoms with E-state index in [-0.39, 0.29) is 0 Å². The highest BCUT2D eigenvalue weighted by Crippen LogP contribution is 2.47. The van der Waals surface area contributed by atoms with Crippen molar-refractivity contribution in [1.82, 2.24) is 4.90 Å². The van der Waals surface area contributed by atoms with Crippen LogP contribution in [0.1, 0.15) is 62.9 Å². The molecule has 2 fully saturated rings. The fourth-order valence-electron chi connectivity index (χ4n) is 3.16. The third kappa shape index (κ3) is 3.25. The number of carbonyl (C=O) groups is 1. The second-order valence-corrected chi connectivity index (χ2v) is 6.42. The van der Waals surface area contributed by atoms with Gasteiger partial charge in [-0.2, -0.15) is 0 Å². The van der Waals surface area contributed by atoms with Crippen LogP contribution in [0.2, 0.25) is 0 Å². The van der Waals surface area contributed by atoms with Crippen LogP contribution >= 0.6 is 0 Å². The molecule has 1 aliphatic carbocycles. The van der Waals surface area contributed by atoms with Crippen molar-refractivity contribution in [1.29, 1.82) is 0 Å². The van der Waals surface area contributed by atoms with Gasteiger partial charge in [-0.05, 0) is 37.3 Å². The molecule has 1 aliphatic heterocycles. The SMILES string of the molecule is CC1CC1c1ccc(CCC(=O)N2CCCCCC2)o1. The molecule has 3 rings (SSSR count). The van der Waals surface area contributed by atoms with E-state index < -0.39 is 0 Å². The fraction of sp³-hybridized carbons (Fsp3) is 0.706. The number of hydrogen-bond donors (Lipinski definition) is 0. The number of aryl methyl sites for hydroxylation is 1. The summed E-state index contributed by atoms with van der Waals surface area (Å²) in [6, 6.07) is 4.15. The van der Waals surface area contributed by atoms with Crippen LogP contribution in [-0.2, 0) is 11.2 Å². The third-order valence-corrected chi connectivity index (χ3v) is 4.70. The Morgan fingerprint density at radius 3 is 2.60 bits per heavy atom. The van der Waals surface area contributed by atoms with E-state index in [9.17, 15) is 4.79 Å². The molecule has 20 heavy (non-hydrogen) atoms. The molecule has 110 valence electrons. The lowest BCUT2D eigenvalue weighted by atomic mass is 10.2. The normalized spacial score (nSPS) is 26.4. The molecule has 2 unspecified atom stereocenters. The van der Waals surface area contributed by atoms with E-state index in [0.29, 0.717) is 18.2 Å². The van der Waals surface area contributed by atoms with Crippen LogP contribution in [0, 0.1) is 5.92 Å². The van der Waals surface area contributed by atoms with Crippen LogP contribution in [0.5, 0.6) is 0 Å². The summed E-state index contributed by atoms with van der Waals surface area (Å²) in [5.41, 5.74) is 0. The number of hydrogen-bond acceptors (Lipinski definition) is 2. The molecule has 0 bridgehead atoms. The lowest BCUT2D eigenvalue weighted by Gasteiger charge is -2.19. The molecule has 1 aromatic rings. The predicted molar refractivity (Wildman–Crippen MR) is 78.6 cm³/mol. The quantitative estimate of drug-likeness (QED) is 0.838. The van der Waals surface area contributed by atoms with Crippen molar-refractivity contribution in [3.8, 4) is 0 Å². The van der Waals surface area contributed by atoms with Gasteiger partial charge in [0.2, 0.25) is 5.91 Å². The summed E-state index contributed by atoms with van der Waals surface area (Å²) in [6.45, 7) is 4.15. The van der Waals surface area contributed by atoms with Crippen molar-refractivity contribution in [3.05, 3.63) is 23.7 Å². The molecule has 0 spiro atoms. The van der Waals surface area contributed by atoms with E-state index in [0.717, 1.165) is 49.8 Å². The van der Waals surface area contributed by atoms with E-state index in [2.05, 4.69) is 19.1 Å². The number of likely N-dealkylation sites (tertiary alicyclic amines) is 1. The molecule has 0 aromatic carbocycles. The first-order chi connectivity index (χ1) is 9.74. The van der Waals surface area contributed by atoms with E-state index in [1.165, 1.54) is 19.3 Å². The highest BCUT2D eigenvalue weighted by Gasteiger charge is 2.36. The molecular weight excluding hydrogens is 250 g/mol. The van der Waals surface area contributed by atoms with Crippen molar-refractivity contribution >= 4 is 5.91 Å². The number of furan rings is 1. The summed E-state index contributed by atoms with van der Waals surface area (Å²) < 4.78 is 5.87. The number of amides is 1. The minimum atomic E-state index is 0.296. The summed E-state index contributed by atoms with van der Waals surface area (Å²) >= 11 is 0. The second-order valence-electron chi connectivity index (χ2n) is 6.42. The van der Waals surface area contributed by atoms with Gasteiger partial charge in [0, 0.05) is 31.8 Å². The van der Waals surface area contributed by atoms with Gasteiger partial charge >= 0.3 is 0 Å².